The molecular weight excluding hydrogens is 240 g/mol. The van der Waals surface area contributed by atoms with Crippen LogP contribution >= 0.6 is 0 Å². The van der Waals surface area contributed by atoms with E-state index < -0.39 is 0 Å². The van der Waals surface area contributed by atoms with Crippen LogP contribution in [0.25, 0.3) is 16.9 Å². The molecule has 0 saturated heterocycles. The number of hydrogen-bond donors (Lipinski definition) is 1. The molecule has 0 fully saturated rings. The minimum Gasteiger partial charge on any atom is -0.497 e. The van der Waals surface area contributed by atoms with Gasteiger partial charge in [-0.25, -0.2) is 9.50 Å². The van der Waals surface area contributed by atoms with Crippen molar-refractivity contribution in [1.29, 1.82) is 0 Å². The van der Waals surface area contributed by atoms with Crippen LogP contribution in [0.3, 0.4) is 0 Å². The number of methoxy groups -OCH3 is 1. The zero-order valence-electron chi connectivity index (χ0n) is 10.8. The molecule has 0 aliphatic rings. The Morgan fingerprint density at radius 2 is 1.89 bits per heavy atom. The normalized spacial score (nSPS) is 10.8. The number of hydrogen-bond acceptors (Lipinski definition) is 4. The predicted octanol–water partition coefficient (Wildman–Crippen LogP) is 2.30. The second-order valence-corrected chi connectivity index (χ2v) is 4.35. The Balaban J connectivity index is 2.22. The van der Waals surface area contributed by atoms with Crippen LogP contribution in [0.15, 0.2) is 36.4 Å². The first-order valence-electron chi connectivity index (χ1n) is 5.95. The number of anilines is 1. The largest absolute Gasteiger partial charge is 0.497 e. The van der Waals surface area contributed by atoms with Crippen molar-refractivity contribution in [3.8, 4) is 17.0 Å². The molecule has 2 aromatic heterocycles. The summed E-state index contributed by atoms with van der Waals surface area (Å²) < 4.78 is 6.92. The second-order valence-electron chi connectivity index (χ2n) is 4.35. The van der Waals surface area contributed by atoms with Gasteiger partial charge in [0.15, 0.2) is 5.65 Å². The number of fused-ring (bicyclic) bond motifs is 1. The van der Waals surface area contributed by atoms with Gasteiger partial charge < -0.3 is 10.5 Å². The smallest absolute Gasteiger partial charge is 0.158 e. The molecule has 3 rings (SSSR count). The van der Waals surface area contributed by atoms with Gasteiger partial charge in [-0.05, 0) is 37.3 Å². The maximum absolute atomic E-state index is 5.74. The molecular formula is C14H14N4O. The second kappa shape index (κ2) is 4.28. The average Bonchev–Trinajstić information content (AvgIpc) is 2.78. The molecule has 0 aliphatic heterocycles. The number of nitrogens with zero attached hydrogens (tertiary/aromatic N) is 3. The lowest BCUT2D eigenvalue weighted by molar-refractivity contribution is 0.415. The third kappa shape index (κ3) is 1.99. The molecule has 0 saturated carbocycles. The van der Waals surface area contributed by atoms with Crippen LogP contribution in [0, 0.1) is 6.92 Å². The van der Waals surface area contributed by atoms with E-state index >= 15 is 0 Å². The minimum absolute atomic E-state index is 0.466. The molecule has 96 valence electrons. The van der Waals surface area contributed by atoms with Crippen molar-refractivity contribution in [1.82, 2.24) is 14.6 Å². The number of aromatic nitrogens is 3. The van der Waals surface area contributed by atoms with Gasteiger partial charge in [-0.1, -0.05) is 0 Å². The van der Waals surface area contributed by atoms with Gasteiger partial charge in [0.05, 0.1) is 12.8 Å². The highest BCUT2D eigenvalue weighted by molar-refractivity contribution is 5.65. The highest BCUT2D eigenvalue weighted by atomic mass is 16.5. The van der Waals surface area contributed by atoms with Crippen LogP contribution < -0.4 is 10.5 Å². The molecule has 0 bridgehead atoms. The molecule has 5 heteroatoms. The zero-order valence-corrected chi connectivity index (χ0v) is 10.8. The zero-order chi connectivity index (χ0) is 13.4. The molecule has 0 spiro atoms. The van der Waals surface area contributed by atoms with Gasteiger partial charge in [-0.3, -0.25) is 0 Å². The van der Waals surface area contributed by atoms with E-state index in [0.29, 0.717) is 5.82 Å². The summed E-state index contributed by atoms with van der Waals surface area (Å²) >= 11 is 0. The van der Waals surface area contributed by atoms with Crippen LogP contribution in [-0.2, 0) is 0 Å². The Morgan fingerprint density at radius 3 is 2.58 bits per heavy atom. The van der Waals surface area contributed by atoms with E-state index in [0.717, 1.165) is 28.3 Å². The number of benzene rings is 1. The SMILES string of the molecule is COc1ccc(-c2cc(C)nc3cc(N)nn23)cc1. The number of aryl methyl sites for hydroxylation is 1. The monoisotopic (exact) mass is 254 g/mol. The Bertz CT molecular complexity index is 731. The van der Waals surface area contributed by atoms with Gasteiger partial charge in [0.2, 0.25) is 0 Å². The molecule has 0 atom stereocenters. The quantitative estimate of drug-likeness (QED) is 0.762. The van der Waals surface area contributed by atoms with Crippen molar-refractivity contribution >= 4 is 11.5 Å². The molecule has 0 amide bonds. The number of nitrogen functional groups attached to an aromatic ring is 1. The van der Waals surface area contributed by atoms with Crippen molar-refractivity contribution in [2.24, 2.45) is 0 Å². The fourth-order valence-corrected chi connectivity index (χ4v) is 2.09. The predicted molar refractivity (Wildman–Crippen MR) is 74.1 cm³/mol. The standard InChI is InChI=1S/C14H14N4O/c1-9-7-12(10-3-5-11(19-2)6-4-10)18-14(16-9)8-13(15)17-18/h3-8H,1-2H3,(H2,15,17). The molecule has 3 aromatic rings. The van der Waals surface area contributed by atoms with Gasteiger partial charge in [-0.15, -0.1) is 5.10 Å². The van der Waals surface area contributed by atoms with Crippen molar-refractivity contribution in [3.63, 3.8) is 0 Å². The fourth-order valence-electron chi connectivity index (χ4n) is 2.09. The van der Waals surface area contributed by atoms with Gasteiger partial charge in [0.1, 0.15) is 11.6 Å². The summed E-state index contributed by atoms with van der Waals surface area (Å²) in [6.07, 6.45) is 0. The van der Waals surface area contributed by atoms with Gasteiger partial charge in [0, 0.05) is 17.3 Å². The van der Waals surface area contributed by atoms with Crippen molar-refractivity contribution in [2.75, 3.05) is 12.8 Å². The molecule has 1 aromatic carbocycles. The first kappa shape index (κ1) is 11.5. The maximum Gasteiger partial charge on any atom is 0.158 e. The first-order chi connectivity index (χ1) is 9.17. The van der Waals surface area contributed by atoms with Crippen LogP contribution in [0.5, 0.6) is 5.75 Å². The first-order valence-corrected chi connectivity index (χ1v) is 5.95. The van der Waals surface area contributed by atoms with E-state index in [-0.39, 0.29) is 0 Å². The lowest BCUT2D eigenvalue weighted by Gasteiger charge is -2.07. The number of ether oxygens (including phenoxy) is 1. The molecule has 0 aliphatic carbocycles. The van der Waals surface area contributed by atoms with E-state index in [1.54, 1.807) is 17.7 Å². The summed E-state index contributed by atoms with van der Waals surface area (Å²) in [5, 5.41) is 4.27. The lowest BCUT2D eigenvalue weighted by atomic mass is 10.1. The third-order valence-corrected chi connectivity index (χ3v) is 2.96. The molecule has 5 nitrogen and oxygen atoms in total. The fraction of sp³-hybridized carbons (Fsp3) is 0.143. The third-order valence-electron chi connectivity index (χ3n) is 2.96. The Kier molecular flexibility index (Phi) is 2.59. The number of rotatable bonds is 2. The van der Waals surface area contributed by atoms with Crippen molar-refractivity contribution in [3.05, 3.63) is 42.1 Å². The molecule has 0 unspecified atom stereocenters. The Morgan fingerprint density at radius 1 is 1.16 bits per heavy atom. The van der Waals surface area contributed by atoms with Crippen molar-refractivity contribution < 1.29 is 4.74 Å². The van der Waals surface area contributed by atoms with E-state index in [1.165, 1.54) is 0 Å². The Labute approximate surface area is 110 Å². The van der Waals surface area contributed by atoms with Gasteiger partial charge in [-0.2, -0.15) is 0 Å². The van der Waals surface area contributed by atoms with E-state index in [2.05, 4.69) is 10.1 Å². The summed E-state index contributed by atoms with van der Waals surface area (Å²) in [6.45, 7) is 1.95. The Hall–Kier alpha value is -2.56. The summed E-state index contributed by atoms with van der Waals surface area (Å²) in [4.78, 5) is 4.41. The van der Waals surface area contributed by atoms with Gasteiger partial charge in [0.25, 0.3) is 0 Å². The van der Waals surface area contributed by atoms with E-state index in [1.807, 2.05) is 37.3 Å². The summed E-state index contributed by atoms with van der Waals surface area (Å²) in [5.74, 6) is 1.29. The van der Waals surface area contributed by atoms with Crippen molar-refractivity contribution in [2.45, 2.75) is 6.92 Å². The summed E-state index contributed by atoms with van der Waals surface area (Å²) in [7, 11) is 1.65. The van der Waals surface area contributed by atoms with Crippen LogP contribution in [-0.4, -0.2) is 21.7 Å². The van der Waals surface area contributed by atoms with Crippen LogP contribution in [0.4, 0.5) is 5.82 Å². The highest BCUT2D eigenvalue weighted by Gasteiger charge is 2.08. The summed E-state index contributed by atoms with van der Waals surface area (Å²) in [5.41, 5.74) is 9.42. The molecule has 2 heterocycles. The topological polar surface area (TPSA) is 65.4 Å². The average molecular weight is 254 g/mol. The lowest BCUT2D eigenvalue weighted by Crippen LogP contribution is -1.98. The molecule has 19 heavy (non-hydrogen) atoms. The minimum atomic E-state index is 0.466. The van der Waals surface area contributed by atoms with Crippen LogP contribution in [0.1, 0.15) is 5.69 Å². The molecule has 0 radical (unpaired) electrons. The highest BCUT2D eigenvalue weighted by Crippen LogP contribution is 2.24. The summed E-state index contributed by atoms with van der Waals surface area (Å²) in [6, 6.07) is 11.6. The van der Waals surface area contributed by atoms with Gasteiger partial charge >= 0.3 is 0 Å². The van der Waals surface area contributed by atoms with E-state index in [9.17, 15) is 0 Å². The maximum atomic E-state index is 5.74. The molecule has 2 N–H and O–H groups in total. The number of nitrogens with two attached hydrogens (primary N) is 1. The van der Waals surface area contributed by atoms with E-state index in [4.69, 9.17) is 10.5 Å². The van der Waals surface area contributed by atoms with Crippen LogP contribution in [0.2, 0.25) is 0 Å².